The molecule has 0 aliphatic carbocycles. The number of hydrogen-bond donors (Lipinski definition) is 1. The molecule has 0 spiro atoms. The highest BCUT2D eigenvalue weighted by atomic mass is 16.5. The molecule has 0 amide bonds. The fourth-order valence-electron chi connectivity index (χ4n) is 2.64. The van der Waals surface area contributed by atoms with Crippen molar-refractivity contribution in [2.75, 3.05) is 19.0 Å². The second kappa shape index (κ2) is 5.13. The van der Waals surface area contributed by atoms with Gasteiger partial charge in [0.2, 0.25) is 0 Å². The number of phenols is 1. The van der Waals surface area contributed by atoms with Gasteiger partial charge < -0.3 is 14.7 Å². The molecule has 0 bridgehead atoms. The van der Waals surface area contributed by atoms with Crippen molar-refractivity contribution in [1.82, 2.24) is 0 Å². The maximum Gasteiger partial charge on any atom is 0.312 e. The van der Waals surface area contributed by atoms with Crippen molar-refractivity contribution in [3.8, 4) is 11.5 Å². The largest absolute Gasteiger partial charge is 0.508 e. The SMILES string of the molecule is CN(C)c1ccc(C2CC(=O)Oc3cc(O)ccc32)cc1. The van der Waals surface area contributed by atoms with Crippen LogP contribution in [0.3, 0.4) is 0 Å². The first-order chi connectivity index (χ1) is 10.0. The van der Waals surface area contributed by atoms with Gasteiger partial charge in [-0.05, 0) is 23.8 Å². The molecule has 1 unspecified atom stereocenters. The Hall–Kier alpha value is -2.49. The minimum atomic E-state index is -0.269. The van der Waals surface area contributed by atoms with E-state index >= 15 is 0 Å². The zero-order valence-corrected chi connectivity index (χ0v) is 12.0. The van der Waals surface area contributed by atoms with Crippen molar-refractivity contribution < 1.29 is 14.6 Å². The molecule has 4 heteroatoms. The predicted molar refractivity (Wildman–Crippen MR) is 81.0 cm³/mol. The standard InChI is InChI=1S/C17H17NO3/c1-18(2)12-5-3-11(4-6-12)15-10-17(20)21-16-9-13(19)7-8-14(15)16/h3-9,15,19H,10H2,1-2H3. The molecule has 0 saturated carbocycles. The van der Waals surface area contributed by atoms with Crippen LogP contribution in [0.25, 0.3) is 0 Å². The maximum absolute atomic E-state index is 11.8. The molecule has 2 aromatic rings. The molecule has 108 valence electrons. The van der Waals surface area contributed by atoms with Gasteiger partial charge in [-0.25, -0.2) is 0 Å². The van der Waals surface area contributed by atoms with Gasteiger partial charge in [0, 0.05) is 37.3 Å². The molecule has 1 atom stereocenters. The summed E-state index contributed by atoms with van der Waals surface area (Å²) in [5.41, 5.74) is 3.12. The molecule has 2 aromatic carbocycles. The number of nitrogens with zero attached hydrogens (tertiary/aromatic N) is 1. The van der Waals surface area contributed by atoms with Gasteiger partial charge in [0.1, 0.15) is 11.5 Å². The maximum atomic E-state index is 11.8. The Morgan fingerprint density at radius 3 is 2.52 bits per heavy atom. The van der Waals surface area contributed by atoms with E-state index in [1.54, 1.807) is 6.07 Å². The Morgan fingerprint density at radius 2 is 1.86 bits per heavy atom. The van der Waals surface area contributed by atoms with Crippen molar-refractivity contribution in [3.63, 3.8) is 0 Å². The van der Waals surface area contributed by atoms with E-state index in [4.69, 9.17) is 4.74 Å². The lowest BCUT2D eigenvalue weighted by atomic mass is 9.86. The number of anilines is 1. The highest BCUT2D eigenvalue weighted by molar-refractivity contribution is 5.78. The highest BCUT2D eigenvalue weighted by Crippen LogP contribution is 2.40. The number of carbonyl (C=O) groups is 1. The Kier molecular flexibility index (Phi) is 3.29. The molecule has 0 saturated heterocycles. The van der Waals surface area contributed by atoms with Crippen molar-refractivity contribution >= 4 is 11.7 Å². The van der Waals surface area contributed by atoms with Gasteiger partial charge in [-0.3, -0.25) is 4.79 Å². The first-order valence-electron chi connectivity index (χ1n) is 6.85. The number of fused-ring (bicyclic) bond motifs is 1. The Bertz CT molecular complexity index is 677. The number of esters is 1. The average Bonchev–Trinajstić information content (AvgIpc) is 2.46. The minimum absolute atomic E-state index is 0.0296. The van der Waals surface area contributed by atoms with Gasteiger partial charge >= 0.3 is 5.97 Å². The molecule has 3 rings (SSSR count). The lowest BCUT2D eigenvalue weighted by molar-refractivity contribution is -0.135. The van der Waals surface area contributed by atoms with Crippen molar-refractivity contribution in [2.45, 2.75) is 12.3 Å². The Morgan fingerprint density at radius 1 is 1.14 bits per heavy atom. The summed E-state index contributed by atoms with van der Waals surface area (Å²) in [4.78, 5) is 13.8. The molecule has 4 nitrogen and oxygen atoms in total. The van der Waals surface area contributed by atoms with E-state index in [-0.39, 0.29) is 17.6 Å². The fourth-order valence-corrected chi connectivity index (χ4v) is 2.64. The molecular weight excluding hydrogens is 266 g/mol. The van der Waals surface area contributed by atoms with Crippen LogP contribution in [0.1, 0.15) is 23.5 Å². The van der Waals surface area contributed by atoms with Gasteiger partial charge in [-0.15, -0.1) is 0 Å². The van der Waals surface area contributed by atoms with E-state index in [1.807, 2.05) is 49.3 Å². The van der Waals surface area contributed by atoms with E-state index in [2.05, 4.69) is 0 Å². The topological polar surface area (TPSA) is 49.8 Å². The van der Waals surface area contributed by atoms with Crippen molar-refractivity contribution in [3.05, 3.63) is 53.6 Å². The summed E-state index contributed by atoms with van der Waals surface area (Å²) in [6, 6.07) is 13.1. The number of aromatic hydroxyl groups is 1. The van der Waals surface area contributed by atoms with E-state index in [1.165, 1.54) is 6.07 Å². The smallest absolute Gasteiger partial charge is 0.312 e. The third-order valence-electron chi connectivity index (χ3n) is 3.78. The zero-order chi connectivity index (χ0) is 15.0. The molecular formula is C17H17NO3. The molecule has 21 heavy (non-hydrogen) atoms. The summed E-state index contributed by atoms with van der Waals surface area (Å²) in [6.07, 6.45) is 0.319. The fraction of sp³-hybridized carbons (Fsp3) is 0.235. The van der Waals surface area contributed by atoms with E-state index in [0.29, 0.717) is 12.2 Å². The van der Waals surface area contributed by atoms with Crippen LogP contribution in [-0.4, -0.2) is 25.2 Å². The lowest BCUT2D eigenvalue weighted by Gasteiger charge is -2.25. The molecule has 0 fully saturated rings. The average molecular weight is 283 g/mol. The third kappa shape index (κ3) is 2.57. The predicted octanol–water partition coefficient (Wildman–Crippen LogP) is 2.90. The van der Waals surface area contributed by atoms with Gasteiger partial charge in [0.15, 0.2) is 0 Å². The van der Waals surface area contributed by atoms with Crippen LogP contribution in [-0.2, 0) is 4.79 Å². The number of benzene rings is 2. The summed E-state index contributed by atoms with van der Waals surface area (Å²) in [5, 5.41) is 9.53. The molecule has 1 N–H and O–H groups in total. The second-order valence-corrected chi connectivity index (χ2v) is 5.44. The molecule has 0 radical (unpaired) electrons. The molecule has 1 aliphatic heterocycles. The van der Waals surface area contributed by atoms with Gasteiger partial charge in [-0.1, -0.05) is 18.2 Å². The summed E-state index contributed by atoms with van der Waals surface area (Å²) in [6.45, 7) is 0. The number of carbonyl (C=O) groups excluding carboxylic acids is 1. The molecule has 0 aromatic heterocycles. The van der Waals surface area contributed by atoms with Crippen LogP contribution >= 0.6 is 0 Å². The highest BCUT2D eigenvalue weighted by Gasteiger charge is 2.28. The molecule has 1 heterocycles. The van der Waals surface area contributed by atoms with E-state index < -0.39 is 0 Å². The van der Waals surface area contributed by atoms with Crippen LogP contribution in [0.15, 0.2) is 42.5 Å². The number of rotatable bonds is 2. The summed E-state index contributed by atoms with van der Waals surface area (Å²) in [7, 11) is 3.98. The van der Waals surface area contributed by atoms with E-state index in [0.717, 1.165) is 16.8 Å². The Balaban J connectivity index is 2.01. The van der Waals surface area contributed by atoms with Crippen LogP contribution in [0, 0.1) is 0 Å². The van der Waals surface area contributed by atoms with Gasteiger partial charge in [0.25, 0.3) is 0 Å². The van der Waals surface area contributed by atoms with Crippen LogP contribution in [0.4, 0.5) is 5.69 Å². The van der Waals surface area contributed by atoms with Crippen molar-refractivity contribution in [2.24, 2.45) is 0 Å². The number of phenolic OH excluding ortho intramolecular Hbond substituents is 1. The Labute approximate surface area is 123 Å². The third-order valence-corrected chi connectivity index (χ3v) is 3.78. The number of hydrogen-bond acceptors (Lipinski definition) is 4. The van der Waals surface area contributed by atoms with Crippen molar-refractivity contribution in [1.29, 1.82) is 0 Å². The monoisotopic (exact) mass is 283 g/mol. The molecule has 1 aliphatic rings. The van der Waals surface area contributed by atoms with Gasteiger partial charge in [-0.2, -0.15) is 0 Å². The first kappa shape index (κ1) is 13.5. The summed E-state index contributed by atoms with van der Waals surface area (Å²) >= 11 is 0. The second-order valence-electron chi connectivity index (χ2n) is 5.44. The first-order valence-corrected chi connectivity index (χ1v) is 6.85. The van der Waals surface area contributed by atoms with Crippen LogP contribution in [0.5, 0.6) is 11.5 Å². The quantitative estimate of drug-likeness (QED) is 0.680. The lowest BCUT2D eigenvalue weighted by Crippen LogP contribution is -2.21. The minimum Gasteiger partial charge on any atom is -0.508 e. The van der Waals surface area contributed by atoms with Gasteiger partial charge in [0.05, 0.1) is 6.42 Å². The normalized spacial score (nSPS) is 17.0. The zero-order valence-electron chi connectivity index (χ0n) is 12.0. The summed E-state index contributed by atoms with van der Waals surface area (Å²) in [5.74, 6) is 0.256. The number of ether oxygens (including phenoxy) is 1. The van der Waals surface area contributed by atoms with E-state index in [9.17, 15) is 9.90 Å². The summed E-state index contributed by atoms with van der Waals surface area (Å²) < 4.78 is 5.22. The van der Waals surface area contributed by atoms with Crippen LogP contribution < -0.4 is 9.64 Å². The van der Waals surface area contributed by atoms with Crippen LogP contribution in [0.2, 0.25) is 0 Å².